The van der Waals surface area contributed by atoms with E-state index in [0.29, 0.717) is 5.00 Å². The van der Waals surface area contributed by atoms with E-state index in [1.165, 1.54) is 0 Å². The van der Waals surface area contributed by atoms with Crippen LogP contribution in [0.2, 0.25) is 0 Å². The number of nitrogens with two attached hydrogens (primary N) is 1. The molecule has 0 spiro atoms. The van der Waals surface area contributed by atoms with Gasteiger partial charge in [-0.05, 0) is 36.9 Å². The number of sulfone groups is 1. The molecular weight excluding hydrogens is 302 g/mol. The Morgan fingerprint density at radius 1 is 1.53 bits per heavy atom. The zero-order chi connectivity index (χ0) is 14.6. The predicted octanol–water partition coefficient (Wildman–Crippen LogP) is 2.10. The Labute approximate surface area is 123 Å². The van der Waals surface area contributed by atoms with Gasteiger partial charge in [0.15, 0.2) is 15.7 Å². The lowest BCUT2D eigenvalue weighted by Crippen LogP contribution is -2.29. The van der Waals surface area contributed by atoms with Gasteiger partial charge < -0.3 is 10.6 Å². The molecule has 0 fully saturated rings. The number of nitrogens with zero attached hydrogens (tertiary/aromatic N) is 2. The Morgan fingerprint density at radius 2 is 2.16 bits per heavy atom. The molecule has 0 saturated heterocycles. The van der Waals surface area contributed by atoms with Crippen molar-refractivity contribution in [2.45, 2.75) is 31.2 Å². The maximum absolute atomic E-state index is 12.1. The van der Waals surface area contributed by atoms with E-state index in [4.69, 9.17) is 5.73 Å². The summed E-state index contributed by atoms with van der Waals surface area (Å²) in [5, 5.41) is 0.646. The molecule has 2 N–H and O–H groups in total. The molecule has 1 aromatic heterocycles. The molecule has 1 rings (SSSR count). The summed E-state index contributed by atoms with van der Waals surface area (Å²) < 4.78 is 28.2. The number of aromatic nitrogens is 1. The average molecular weight is 324 g/mol. The van der Waals surface area contributed by atoms with Crippen LogP contribution >= 0.6 is 23.3 Å². The number of rotatable bonds is 7. The highest BCUT2D eigenvalue weighted by molar-refractivity contribution is 7.98. The third-order valence-electron chi connectivity index (χ3n) is 3.07. The van der Waals surface area contributed by atoms with Crippen LogP contribution in [0.5, 0.6) is 0 Å². The fourth-order valence-corrected chi connectivity index (χ4v) is 4.59. The second kappa shape index (κ2) is 6.81. The van der Waals surface area contributed by atoms with Gasteiger partial charge in [-0.15, -0.1) is 0 Å². The molecule has 19 heavy (non-hydrogen) atoms. The standard InChI is InChI=1S/C11H21N3O2S3/c1-5-19(15,16)9-10(12)13-18-11(9)14(3)8(2)6-7-17-4/h8H,5-7H2,1-4H3,(H2,12,13). The Morgan fingerprint density at radius 3 is 2.68 bits per heavy atom. The molecular formula is C11H21N3O2S3. The molecule has 1 heterocycles. The van der Waals surface area contributed by atoms with Crippen LogP contribution in [0, 0.1) is 0 Å². The first kappa shape index (κ1) is 16.6. The normalized spacial score (nSPS) is 13.5. The third kappa shape index (κ3) is 3.76. The van der Waals surface area contributed by atoms with Gasteiger partial charge in [0.25, 0.3) is 0 Å². The molecule has 110 valence electrons. The Bertz CT molecular complexity index is 513. The van der Waals surface area contributed by atoms with Crippen LogP contribution in [0.4, 0.5) is 10.8 Å². The van der Waals surface area contributed by atoms with Crippen LogP contribution in [0.1, 0.15) is 20.3 Å². The molecule has 0 radical (unpaired) electrons. The number of hydrogen-bond donors (Lipinski definition) is 1. The van der Waals surface area contributed by atoms with Crippen molar-refractivity contribution in [3.63, 3.8) is 0 Å². The van der Waals surface area contributed by atoms with Gasteiger partial charge in [0.1, 0.15) is 9.90 Å². The first-order valence-electron chi connectivity index (χ1n) is 6.04. The van der Waals surface area contributed by atoms with E-state index in [9.17, 15) is 8.42 Å². The second-order valence-corrected chi connectivity index (χ2v) is 8.30. The molecule has 0 aliphatic heterocycles. The van der Waals surface area contributed by atoms with Gasteiger partial charge in [-0.2, -0.15) is 16.1 Å². The lowest BCUT2D eigenvalue weighted by atomic mass is 10.2. The van der Waals surface area contributed by atoms with Crippen LogP contribution in [0.15, 0.2) is 4.90 Å². The fraction of sp³-hybridized carbons (Fsp3) is 0.727. The maximum atomic E-state index is 12.1. The monoisotopic (exact) mass is 323 g/mol. The summed E-state index contributed by atoms with van der Waals surface area (Å²) in [7, 11) is -1.44. The number of hydrogen-bond acceptors (Lipinski definition) is 7. The Balaban J connectivity index is 3.08. The summed E-state index contributed by atoms with van der Waals surface area (Å²) >= 11 is 2.93. The second-order valence-electron chi connectivity index (χ2n) is 4.35. The third-order valence-corrected chi connectivity index (χ3v) is 6.58. The summed E-state index contributed by atoms with van der Waals surface area (Å²) in [6, 6.07) is 0.248. The molecule has 1 atom stereocenters. The smallest absolute Gasteiger partial charge is 0.184 e. The molecule has 0 amide bonds. The van der Waals surface area contributed by atoms with E-state index < -0.39 is 9.84 Å². The molecule has 1 unspecified atom stereocenters. The van der Waals surface area contributed by atoms with E-state index in [0.717, 1.165) is 23.7 Å². The van der Waals surface area contributed by atoms with Crippen molar-refractivity contribution in [3.8, 4) is 0 Å². The van der Waals surface area contributed by atoms with Crippen LogP contribution in [0.25, 0.3) is 0 Å². The quantitative estimate of drug-likeness (QED) is 0.828. The summed E-state index contributed by atoms with van der Waals surface area (Å²) in [5.74, 6) is 1.19. The summed E-state index contributed by atoms with van der Waals surface area (Å²) in [6.45, 7) is 3.70. The highest BCUT2D eigenvalue weighted by atomic mass is 32.2. The van der Waals surface area contributed by atoms with Gasteiger partial charge in [0.2, 0.25) is 0 Å². The lowest BCUT2D eigenvalue weighted by Gasteiger charge is -2.25. The summed E-state index contributed by atoms with van der Waals surface area (Å²) in [6.07, 6.45) is 3.05. The van der Waals surface area contributed by atoms with Crippen molar-refractivity contribution >= 4 is 44.0 Å². The molecule has 1 aromatic rings. The van der Waals surface area contributed by atoms with Crippen LogP contribution in [-0.2, 0) is 9.84 Å². The number of thioether (sulfide) groups is 1. The topological polar surface area (TPSA) is 76.3 Å². The van der Waals surface area contributed by atoms with E-state index in [1.807, 2.05) is 11.9 Å². The van der Waals surface area contributed by atoms with Crippen molar-refractivity contribution in [2.24, 2.45) is 0 Å². The minimum absolute atomic E-state index is 0.0373. The molecule has 0 saturated carbocycles. The average Bonchev–Trinajstić information content (AvgIpc) is 2.77. The zero-order valence-corrected chi connectivity index (χ0v) is 14.2. The van der Waals surface area contributed by atoms with Crippen molar-refractivity contribution in [2.75, 3.05) is 35.4 Å². The van der Waals surface area contributed by atoms with Crippen LogP contribution in [0.3, 0.4) is 0 Å². The maximum Gasteiger partial charge on any atom is 0.184 e. The van der Waals surface area contributed by atoms with Gasteiger partial charge in [-0.1, -0.05) is 6.92 Å². The molecule has 0 aliphatic carbocycles. The Kier molecular flexibility index (Phi) is 5.94. The van der Waals surface area contributed by atoms with Crippen molar-refractivity contribution in [3.05, 3.63) is 0 Å². The van der Waals surface area contributed by atoms with Gasteiger partial charge in [-0.25, -0.2) is 8.42 Å². The van der Waals surface area contributed by atoms with E-state index in [1.54, 1.807) is 18.7 Å². The van der Waals surface area contributed by atoms with Crippen molar-refractivity contribution in [1.82, 2.24) is 4.37 Å². The predicted molar refractivity (Wildman–Crippen MR) is 85.1 cm³/mol. The molecule has 0 aliphatic rings. The molecule has 0 aromatic carbocycles. The largest absolute Gasteiger partial charge is 0.382 e. The first-order chi connectivity index (χ1) is 8.85. The van der Waals surface area contributed by atoms with E-state index in [-0.39, 0.29) is 22.5 Å². The zero-order valence-electron chi connectivity index (χ0n) is 11.7. The molecule has 5 nitrogen and oxygen atoms in total. The van der Waals surface area contributed by atoms with E-state index >= 15 is 0 Å². The van der Waals surface area contributed by atoms with Gasteiger partial charge in [-0.3, -0.25) is 0 Å². The minimum atomic E-state index is -3.34. The molecule has 0 bridgehead atoms. The molecule has 8 heteroatoms. The first-order valence-corrected chi connectivity index (χ1v) is 9.86. The number of anilines is 2. The van der Waals surface area contributed by atoms with Crippen molar-refractivity contribution < 1.29 is 8.42 Å². The van der Waals surface area contributed by atoms with Crippen molar-refractivity contribution in [1.29, 1.82) is 0 Å². The lowest BCUT2D eigenvalue weighted by molar-refractivity contribution is 0.596. The Hall–Kier alpha value is -0.470. The van der Waals surface area contributed by atoms with E-state index in [2.05, 4.69) is 17.6 Å². The van der Waals surface area contributed by atoms with Crippen LogP contribution < -0.4 is 10.6 Å². The van der Waals surface area contributed by atoms with Gasteiger partial charge >= 0.3 is 0 Å². The minimum Gasteiger partial charge on any atom is -0.382 e. The summed E-state index contributed by atoms with van der Waals surface area (Å²) in [4.78, 5) is 2.16. The van der Waals surface area contributed by atoms with Gasteiger partial charge in [0, 0.05) is 13.1 Å². The summed E-state index contributed by atoms with van der Waals surface area (Å²) in [5.41, 5.74) is 5.73. The van der Waals surface area contributed by atoms with Gasteiger partial charge in [0.05, 0.1) is 5.75 Å². The van der Waals surface area contributed by atoms with Crippen LogP contribution in [-0.4, -0.2) is 43.6 Å². The number of nitrogen functional groups attached to an aromatic ring is 1. The highest BCUT2D eigenvalue weighted by Crippen LogP contribution is 2.36. The highest BCUT2D eigenvalue weighted by Gasteiger charge is 2.27. The SMILES string of the molecule is CCS(=O)(=O)c1c(N)nsc1N(C)C(C)CCSC. The fourth-order valence-electron chi connectivity index (χ4n) is 1.63.